The highest BCUT2D eigenvalue weighted by atomic mass is 16.5. The molecule has 0 bridgehead atoms. The predicted octanol–water partition coefficient (Wildman–Crippen LogP) is 2.52. The van der Waals surface area contributed by atoms with Crippen LogP contribution in [0.4, 0.5) is 0 Å². The average molecular weight is 277 g/mol. The van der Waals surface area contributed by atoms with E-state index in [2.05, 4.69) is 11.8 Å². The Morgan fingerprint density at radius 1 is 1.25 bits per heavy atom. The average Bonchev–Trinajstić information content (AvgIpc) is 2.48. The Morgan fingerprint density at radius 3 is 2.30 bits per heavy atom. The van der Waals surface area contributed by atoms with Gasteiger partial charge in [0.25, 0.3) is 0 Å². The molecule has 110 valence electrons. The molecular formula is C16H23NO3. The second kappa shape index (κ2) is 6.27. The molecule has 20 heavy (non-hydrogen) atoms. The Labute approximate surface area is 120 Å². The molecule has 0 saturated carbocycles. The molecule has 0 aromatic heterocycles. The van der Waals surface area contributed by atoms with Gasteiger partial charge < -0.3 is 14.7 Å². The van der Waals surface area contributed by atoms with Crippen LogP contribution in [0.5, 0.6) is 5.75 Å². The number of aliphatic carboxylic acids is 1. The maximum atomic E-state index is 11.8. The van der Waals surface area contributed by atoms with Gasteiger partial charge in [-0.25, -0.2) is 0 Å². The monoisotopic (exact) mass is 277 g/mol. The van der Waals surface area contributed by atoms with Crippen molar-refractivity contribution in [3.63, 3.8) is 0 Å². The van der Waals surface area contributed by atoms with Crippen LogP contribution < -0.4 is 4.74 Å². The van der Waals surface area contributed by atoms with Gasteiger partial charge in [-0.15, -0.1) is 0 Å². The van der Waals surface area contributed by atoms with Crippen LogP contribution >= 0.6 is 0 Å². The van der Waals surface area contributed by atoms with Gasteiger partial charge in [0.1, 0.15) is 5.75 Å². The molecule has 1 fully saturated rings. The van der Waals surface area contributed by atoms with E-state index in [1.54, 1.807) is 0 Å². The van der Waals surface area contributed by atoms with Gasteiger partial charge in [0.2, 0.25) is 0 Å². The van der Waals surface area contributed by atoms with Crippen molar-refractivity contribution in [1.29, 1.82) is 0 Å². The number of benzene rings is 1. The number of hydrogen-bond acceptors (Lipinski definition) is 3. The van der Waals surface area contributed by atoms with Crippen LogP contribution in [0.25, 0.3) is 0 Å². The van der Waals surface area contributed by atoms with Crippen LogP contribution in [0.2, 0.25) is 0 Å². The van der Waals surface area contributed by atoms with Gasteiger partial charge in [0.05, 0.1) is 12.0 Å². The summed E-state index contributed by atoms with van der Waals surface area (Å²) in [5.41, 5.74) is 0.153. The van der Waals surface area contributed by atoms with Crippen LogP contribution in [0, 0.1) is 0 Å². The lowest BCUT2D eigenvalue weighted by atomic mass is 9.73. The van der Waals surface area contributed by atoms with E-state index in [1.807, 2.05) is 31.2 Å². The second-order valence-corrected chi connectivity index (χ2v) is 5.28. The highest BCUT2D eigenvalue weighted by molar-refractivity contribution is 5.81. The summed E-state index contributed by atoms with van der Waals surface area (Å²) < 4.78 is 5.42. The van der Waals surface area contributed by atoms with Crippen molar-refractivity contribution in [2.45, 2.75) is 32.1 Å². The summed E-state index contributed by atoms with van der Waals surface area (Å²) in [5.74, 6) is 0.0835. The number of likely N-dealkylation sites (tertiary alicyclic amines) is 1. The fourth-order valence-corrected chi connectivity index (χ4v) is 2.91. The predicted molar refractivity (Wildman–Crippen MR) is 78.3 cm³/mol. The van der Waals surface area contributed by atoms with Gasteiger partial charge >= 0.3 is 5.97 Å². The Hall–Kier alpha value is -1.55. The minimum Gasteiger partial charge on any atom is -0.494 e. The van der Waals surface area contributed by atoms with Gasteiger partial charge in [-0.05, 0) is 57.1 Å². The largest absolute Gasteiger partial charge is 0.494 e. The third-order valence-electron chi connectivity index (χ3n) is 4.28. The minimum absolute atomic E-state index is 0.620. The highest BCUT2D eigenvalue weighted by Gasteiger charge is 2.42. The lowest BCUT2D eigenvalue weighted by Crippen LogP contribution is -2.47. The number of carbonyl (C=O) groups is 1. The van der Waals surface area contributed by atoms with Crippen LogP contribution in [-0.4, -0.2) is 42.2 Å². The summed E-state index contributed by atoms with van der Waals surface area (Å²) in [7, 11) is 0. The molecule has 4 heteroatoms. The SMILES string of the molecule is CCOc1ccc(C2(C(=O)O)CCN(CC)CC2)cc1. The summed E-state index contributed by atoms with van der Waals surface area (Å²) in [6.45, 7) is 7.34. The van der Waals surface area contributed by atoms with Gasteiger partial charge in [0, 0.05) is 0 Å². The standard InChI is InChI=1S/C16H23NO3/c1-3-17-11-9-16(10-12-17,15(18)19)13-5-7-14(8-6-13)20-4-2/h5-8H,3-4,9-12H2,1-2H3,(H,18,19). The molecule has 0 atom stereocenters. The zero-order chi connectivity index (χ0) is 14.6. The molecule has 1 aliphatic rings. The molecular weight excluding hydrogens is 254 g/mol. The van der Waals surface area contributed by atoms with E-state index < -0.39 is 11.4 Å². The lowest BCUT2D eigenvalue weighted by Gasteiger charge is -2.38. The third-order valence-corrected chi connectivity index (χ3v) is 4.28. The van der Waals surface area contributed by atoms with E-state index >= 15 is 0 Å². The molecule has 1 aliphatic heterocycles. The van der Waals surface area contributed by atoms with Gasteiger partial charge in [-0.2, -0.15) is 0 Å². The molecule has 2 rings (SSSR count). The van der Waals surface area contributed by atoms with E-state index in [9.17, 15) is 9.90 Å². The van der Waals surface area contributed by atoms with Gasteiger partial charge in [0.15, 0.2) is 0 Å². The van der Waals surface area contributed by atoms with E-state index in [4.69, 9.17) is 4.74 Å². The zero-order valence-corrected chi connectivity index (χ0v) is 12.3. The molecule has 1 saturated heterocycles. The van der Waals surface area contributed by atoms with Crippen LogP contribution in [0.1, 0.15) is 32.3 Å². The fourth-order valence-electron chi connectivity index (χ4n) is 2.91. The first-order chi connectivity index (χ1) is 9.62. The number of carboxylic acid groups (broad SMARTS) is 1. The van der Waals surface area contributed by atoms with E-state index in [-0.39, 0.29) is 0 Å². The fraction of sp³-hybridized carbons (Fsp3) is 0.562. The summed E-state index contributed by atoms with van der Waals surface area (Å²) in [6.07, 6.45) is 1.34. The third kappa shape index (κ3) is 2.80. The van der Waals surface area contributed by atoms with E-state index in [0.29, 0.717) is 19.4 Å². The molecule has 0 radical (unpaired) electrons. The van der Waals surface area contributed by atoms with Crippen molar-refractivity contribution >= 4 is 5.97 Å². The molecule has 1 aromatic carbocycles. The van der Waals surface area contributed by atoms with Crippen molar-refractivity contribution in [2.75, 3.05) is 26.2 Å². The number of carboxylic acids is 1. The number of piperidine rings is 1. The Kier molecular flexibility index (Phi) is 4.65. The van der Waals surface area contributed by atoms with Gasteiger partial charge in [-0.3, -0.25) is 4.79 Å². The van der Waals surface area contributed by atoms with Crippen molar-refractivity contribution < 1.29 is 14.6 Å². The first-order valence-corrected chi connectivity index (χ1v) is 7.31. The van der Waals surface area contributed by atoms with Crippen LogP contribution in [-0.2, 0) is 10.2 Å². The Balaban J connectivity index is 2.22. The molecule has 0 unspecified atom stereocenters. The Morgan fingerprint density at radius 2 is 1.85 bits per heavy atom. The van der Waals surface area contributed by atoms with Crippen molar-refractivity contribution in [2.24, 2.45) is 0 Å². The maximum Gasteiger partial charge on any atom is 0.314 e. The van der Waals surface area contributed by atoms with Crippen LogP contribution in [0.15, 0.2) is 24.3 Å². The second-order valence-electron chi connectivity index (χ2n) is 5.28. The highest BCUT2D eigenvalue weighted by Crippen LogP contribution is 2.36. The number of ether oxygens (including phenoxy) is 1. The molecule has 1 N–H and O–H groups in total. The van der Waals surface area contributed by atoms with Crippen LogP contribution in [0.3, 0.4) is 0 Å². The number of nitrogens with zero attached hydrogens (tertiary/aromatic N) is 1. The summed E-state index contributed by atoms with van der Waals surface area (Å²) in [4.78, 5) is 14.1. The summed E-state index contributed by atoms with van der Waals surface area (Å²) >= 11 is 0. The lowest BCUT2D eigenvalue weighted by molar-refractivity contribution is -0.146. The molecule has 1 heterocycles. The summed E-state index contributed by atoms with van der Waals surface area (Å²) in [6, 6.07) is 7.55. The first-order valence-electron chi connectivity index (χ1n) is 7.31. The van der Waals surface area contributed by atoms with Crippen molar-refractivity contribution in [1.82, 2.24) is 4.90 Å². The normalized spacial score (nSPS) is 18.7. The van der Waals surface area contributed by atoms with Gasteiger partial charge in [-0.1, -0.05) is 19.1 Å². The topological polar surface area (TPSA) is 49.8 Å². The molecule has 0 aliphatic carbocycles. The van der Waals surface area contributed by atoms with Crippen molar-refractivity contribution in [3.05, 3.63) is 29.8 Å². The first kappa shape index (κ1) is 14.9. The minimum atomic E-state index is -0.740. The smallest absolute Gasteiger partial charge is 0.314 e. The zero-order valence-electron chi connectivity index (χ0n) is 12.3. The maximum absolute atomic E-state index is 11.8. The number of hydrogen-bond donors (Lipinski definition) is 1. The van der Waals surface area contributed by atoms with E-state index in [0.717, 1.165) is 30.9 Å². The molecule has 4 nitrogen and oxygen atoms in total. The molecule has 0 spiro atoms. The summed E-state index contributed by atoms with van der Waals surface area (Å²) in [5, 5.41) is 9.72. The van der Waals surface area contributed by atoms with E-state index in [1.165, 1.54) is 0 Å². The quantitative estimate of drug-likeness (QED) is 0.898. The molecule has 1 aromatic rings. The number of rotatable bonds is 5. The van der Waals surface area contributed by atoms with Crippen molar-refractivity contribution in [3.8, 4) is 5.75 Å². The molecule has 0 amide bonds. The Bertz CT molecular complexity index is 447.